The van der Waals surface area contributed by atoms with Crippen LogP contribution in [-0.4, -0.2) is 21.9 Å². The van der Waals surface area contributed by atoms with E-state index in [0.29, 0.717) is 11.2 Å². The van der Waals surface area contributed by atoms with Gasteiger partial charge < -0.3 is 4.74 Å². The number of aromatic nitrogens is 3. The summed E-state index contributed by atoms with van der Waals surface area (Å²) in [6, 6.07) is 3.84. The summed E-state index contributed by atoms with van der Waals surface area (Å²) in [5.41, 5.74) is 0.886. The first-order chi connectivity index (χ1) is 9.11. The van der Waals surface area contributed by atoms with Crippen molar-refractivity contribution in [1.29, 1.82) is 0 Å². The van der Waals surface area contributed by atoms with E-state index in [2.05, 4.69) is 42.1 Å². The van der Waals surface area contributed by atoms with E-state index in [4.69, 9.17) is 16.3 Å². The van der Waals surface area contributed by atoms with Crippen molar-refractivity contribution < 1.29 is 4.74 Å². The maximum Gasteiger partial charge on any atom is 0.229 e. The number of hydrogen-bond acceptors (Lipinski definition) is 3. The average molecular weight is 407 g/mol. The van der Waals surface area contributed by atoms with Gasteiger partial charge in [0.1, 0.15) is 11.6 Å². The van der Waals surface area contributed by atoms with Gasteiger partial charge in [0.05, 0.1) is 17.3 Å². The summed E-state index contributed by atoms with van der Waals surface area (Å²) in [5.74, 6) is 2.11. The molecule has 7 heteroatoms. The largest absolute Gasteiger partial charge is 0.495 e. The zero-order valence-electron chi connectivity index (χ0n) is 10.0. The first-order valence-corrected chi connectivity index (χ1v) is 7.72. The molecule has 1 aromatic carbocycles. The van der Waals surface area contributed by atoms with Gasteiger partial charge in [-0.05, 0) is 62.4 Å². The molecular weight excluding hydrogens is 397 g/mol. The van der Waals surface area contributed by atoms with Crippen molar-refractivity contribution >= 4 is 43.5 Å². The molecule has 3 rings (SSSR count). The van der Waals surface area contributed by atoms with Crippen LogP contribution in [0.1, 0.15) is 24.6 Å². The van der Waals surface area contributed by atoms with Crippen LogP contribution in [0.2, 0.25) is 5.28 Å². The van der Waals surface area contributed by atoms with E-state index in [1.54, 1.807) is 7.11 Å². The number of halogens is 3. The Hall–Kier alpha value is -0.590. The van der Waals surface area contributed by atoms with E-state index in [9.17, 15) is 0 Å². The highest BCUT2D eigenvalue weighted by atomic mass is 79.9. The topological polar surface area (TPSA) is 39.9 Å². The molecule has 1 aromatic heterocycles. The van der Waals surface area contributed by atoms with Crippen LogP contribution in [0.4, 0.5) is 0 Å². The molecule has 1 heterocycles. The minimum atomic E-state index is 0.368. The van der Waals surface area contributed by atoms with E-state index in [-0.39, 0.29) is 0 Å². The van der Waals surface area contributed by atoms with Gasteiger partial charge in [0, 0.05) is 16.5 Å². The van der Waals surface area contributed by atoms with Crippen molar-refractivity contribution in [2.24, 2.45) is 0 Å². The van der Waals surface area contributed by atoms with Gasteiger partial charge >= 0.3 is 0 Å². The van der Waals surface area contributed by atoms with Crippen LogP contribution in [0, 0.1) is 0 Å². The lowest BCUT2D eigenvalue weighted by Gasteiger charge is -2.12. The summed E-state index contributed by atoms with van der Waals surface area (Å²) in [6.07, 6.45) is 2.28. The third kappa shape index (κ3) is 2.41. The number of nitrogens with zero attached hydrogens (tertiary/aromatic N) is 3. The molecule has 4 nitrogen and oxygen atoms in total. The van der Waals surface area contributed by atoms with Crippen molar-refractivity contribution in [2.75, 3.05) is 7.11 Å². The van der Waals surface area contributed by atoms with Gasteiger partial charge in [-0.25, -0.2) is 0 Å². The predicted octanol–water partition coefficient (Wildman–Crippen LogP) is 4.33. The molecule has 0 bridgehead atoms. The first-order valence-electron chi connectivity index (χ1n) is 5.76. The highest BCUT2D eigenvalue weighted by molar-refractivity contribution is 9.11. The predicted molar refractivity (Wildman–Crippen MR) is 80.3 cm³/mol. The molecule has 0 N–H and O–H groups in total. The Balaban J connectivity index is 2.18. The smallest absolute Gasteiger partial charge is 0.229 e. The fourth-order valence-electron chi connectivity index (χ4n) is 1.95. The Kier molecular flexibility index (Phi) is 3.57. The number of rotatable bonds is 3. The summed E-state index contributed by atoms with van der Waals surface area (Å²) in [7, 11) is 1.63. The van der Waals surface area contributed by atoms with Crippen molar-refractivity contribution in [3.63, 3.8) is 0 Å². The number of ether oxygens (including phenoxy) is 1. The van der Waals surface area contributed by atoms with Crippen LogP contribution in [-0.2, 0) is 0 Å². The molecule has 1 aliphatic carbocycles. The average Bonchev–Trinajstić information content (AvgIpc) is 3.14. The first kappa shape index (κ1) is 13.4. The zero-order valence-corrected chi connectivity index (χ0v) is 14.0. The third-order valence-electron chi connectivity index (χ3n) is 3.05. The molecular formula is C12H10Br2ClN3O. The molecule has 0 spiro atoms. The van der Waals surface area contributed by atoms with Crippen molar-refractivity contribution in [2.45, 2.75) is 18.8 Å². The number of methoxy groups -OCH3 is 1. The van der Waals surface area contributed by atoms with E-state index < -0.39 is 0 Å². The van der Waals surface area contributed by atoms with E-state index in [0.717, 1.165) is 39.0 Å². The summed E-state index contributed by atoms with van der Waals surface area (Å²) >= 11 is 13.2. The molecule has 0 unspecified atom stereocenters. The maximum atomic E-state index is 6.17. The minimum Gasteiger partial charge on any atom is -0.495 e. The summed E-state index contributed by atoms with van der Waals surface area (Å²) in [6.45, 7) is 0. The Morgan fingerprint density at radius 1 is 1.26 bits per heavy atom. The number of hydrogen-bond donors (Lipinski definition) is 0. The fraction of sp³-hybridized carbons (Fsp3) is 0.333. The second-order valence-corrected chi connectivity index (χ2v) is 6.42. The molecule has 0 atom stereocenters. The Morgan fingerprint density at radius 2 is 2.00 bits per heavy atom. The van der Waals surface area contributed by atoms with Crippen LogP contribution in [0.5, 0.6) is 5.75 Å². The van der Waals surface area contributed by atoms with E-state index in [1.165, 1.54) is 0 Å². The van der Waals surface area contributed by atoms with Crippen LogP contribution in [0.25, 0.3) is 5.69 Å². The van der Waals surface area contributed by atoms with Crippen LogP contribution >= 0.6 is 43.5 Å². The SMILES string of the molecule is COc1cc(-n2c(Cl)nnc2C2CC2)c(Br)cc1Br. The summed E-state index contributed by atoms with van der Waals surface area (Å²) in [5, 5.41) is 8.53. The molecule has 2 aromatic rings. The van der Waals surface area contributed by atoms with Gasteiger partial charge in [-0.15, -0.1) is 10.2 Å². The monoisotopic (exact) mass is 405 g/mol. The lowest BCUT2D eigenvalue weighted by Crippen LogP contribution is -2.02. The van der Waals surface area contributed by atoms with E-state index in [1.807, 2.05) is 16.7 Å². The Morgan fingerprint density at radius 3 is 2.63 bits per heavy atom. The summed E-state index contributed by atoms with van der Waals surface area (Å²) < 4.78 is 8.99. The lowest BCUT2D eigenvalue weighted by molar-refractivity contribution is 0.412. The van der Waals surface area contributed by atoms with Crippen molar-refractivity contribution in [3.05, 3.63) is 32.2 Å². The van der Waals surface area contributed by atoms with Gasteiger partial charge in [-0.2, -0.15) is 0 Å². The second-order valence-electron chi connectivity index (χ2n) is 4.38. The molecule has 0 amide bonds. The van der Waals surface area contributed by atoms with Gasteiger partial charge in [-0.1, -0.05) is 0 Å². The van der Waals surface area contributed by atoms with Gasteiger partial charge in [0.15, 0.2) is 0 Å². The van der Waals surface area contributed by atoms with Crippen molar-refractivity contribution in [3.8, 4) is 11.4 Å². The van der Waals surface area contributed by atoms with Crippen LogP contribution in [0.15, 0.2) is 21.1 Å². The lowest BCUT2D eigenvalue weighted by atomic mass is 10.3. The third-order valence-corrected chi connectivity index (χ3v) is 4.55. The molecule has 100 valence electrons. The fourth-order valence-corrected chi connectivity index (χ4v) is 3.50. The molecule has 1 saturated carbocycles. The highest BCUT2D eigenvalue weighted by Gasteiger charge is 2.31. The van der Waals surface area contributed by atoms with Crippen LogP contribution in [0.3, 0.4) is 0 Å². The van der Waals surface area contributed by atoms with Crippen molar-refractivity contribution in [1.82, 2.24) is 14.8 Å². The molecule has 0 aliphatic heterocycles. The van der Waals surface area contributed by atoms with Crippen LogP contribution < -0.4 is 4.74 Å². The molecule has 19 heavy (non-hydrogen) atoms. The highest BCUT2D eigenvalue weighted by Crippen LogP contribution is 2.42. The molecule has 0 radical (unpaired) electrons. The number of benzene rings is 1. The maximum absolute atomic E-state index is 6.17. The summed E-state index contributed by atoms with van der Waals surface area (Å²) in [4.78, 5) is 0. The quantitative estimate of drug-likeness (QED) is 0.760. The van der Waals surface area contributed by atoms with Gasteiger partial charge in [-0.3, -0.25) is 4.57 Å². The Bertz CT molecular complexity index is 640. The molecule has 0 saturated heterocycles. The van der Waals surface area contributed by atoms with Gasteiger partial charge in [0.2, 0.25) is 5.28 Å². The van der Waals surface area contributed by atoms with Gasteiger partial charge in [0.25, 0.3) is 0 Å². The standard InChI is InChI=1S/C12H10Br2ClN3O/c1-19-10-5-9(7(13)4-8(10)14)18-11(6-2-3-6)16-17-12(18)15/h4-6H,2-3H2,1H3. The second kappa shape index (κ2) is 5.07. The Labute approximate surface area is 132 Å². The zero-order chi connectivity index (χ0) is 13.6. The molecule has 1 fully saturated rings. The molecule has 1 aliphatic rings. The minimum absolute atomic E-state index is 0.368. The normalized spacial score (nSPS) is 14.7. The van der Waals surface area contributed by atoms with E-state index >= 15 is 0 Å².